The first-order valence-electron chi connectivity index (χ1n) is 7.64. The van der Waals surface area contributed by atoms with Crippen molar-refractivity contribution in [2.45, 2.75) is 19.4 Å². The SMILES string of the molecule is CCC(C(=O)Nc1ccc(F)c(F)c1)N(c1ccc(Cl)cc1)S(C)(=O)=O. The minimum atomic E-state index is -3.80. The number of nitrogens with one attached hydrogen (secondary N) is 1. The second kappa shape index (κ2) is 8.01. The van der Waals surface area contributed by atoms with Gasteiger partial charge in [-0.2, -0.15) is 0 Å². The van der Waals surface area contributed by atoms with E-state index in [0.29, 0.717) is 5.02 Å². The molecule has 0 saturated heterocycles. The van der Waals surface area contributed by atoms with E-state index in [4.69, 9.17) is 11.6 Å². The van der Waals surface area contributed by atoms with Crippen molar-refractivity contribution >= 4 is 38.9 Å². The molecule has 0 heterocycles. The van der Waals surface area contributed by atoms with Gasteiger partial charge in [0.05, 0.1) is 11.9 Å². The highest BCUT2D eigenvalue weighted by Crippen LogP contribution is 2.25. The Balaban J connectivity index is 2.36. The van der Waals surface area contributed by atoms with Crippen LogP contribution in [-0.2, 0) is 14.8 Å². The van der Waals surface area contributed by atoms with Crippen LogP contribution in [0.1, 0.15) is 13.3 Å². The zero-order valence-corrected chi connectivity index (χ0v) is 15.6. The summed E-state index contributed by atoms with van der Waals surface area (Å²) in [6.45, 7) is 1.64. The van der Waals surface area contributed by atoms with Crippen molar-refractivity contribution in [3.8, 4) is 0 Å². The third-order valence-corrected chi connectivity index (χ3v) is 5.03. The van der Waals surface area contributed by atoms with Gasteiger partial charge in [-0.1, -0.05) is 18.5 Å². The summed E-state index contributed by atoms with van der Waals surface area (Å²) >= 11 is 5.83. The van der Waals surface area contributed by atoms with E-state index in [2.05, 4.69) is 5.32 Å². The Hall–Kier alpha value is -2.19. The molecule has 1 atom stereocenters. The molecular weight excluding hydrogens is 386 g/mol. The van der Waals surface area contributed by atoms with Crippen molar-refractivity contribution in [2.75, 3.05) is 15.9 Å². The maximum Gasteiger partial charge on any atom is 0.248 e. The van der Waals surface area contributed by atoms with Gasteiger partial charge in [0.15, 0.2) is 11.6 Å². The van der Waals surface area contributed by atoms with Gasteiger partial charge in [0.25, 0.3) is 0 Å². The van der Waals surface area contributed by atoms with E-state index in [-0.39, 0.29) is 17.8 Å². The lowest BCUT2D eigenvalue weighted by Crippen LogP contribution is -2.47. The van der Waals surface area contributed by atoms with Crippen molar-refractivity contribution in [1.29, 1.82) is 0 Å². The minimum absolute atomic E-state index is 0.0249. The van der Waals surface area contributed by atoms with Crippen LogP contribution in [0.4, 0.5) is 20.2 Å². The van der Waals surface area contributed by atoms with Crippen LogP contribution in [0.5, 0.6) is 0 Å². The molecule has 0 aromatic heterocycles. The molecule has 140 valence electrons. The van der Waals surface area contributed by atoms with Gasteiger partial charge in [0.2, 0.25) is 15.9 Å². The number of benzene rings is 2. The zero-order valence-electron chi connectivity index (χ0n) is 14.0. The number of anilines is 2. The smallest absolute Gasteiger partial charge is 0.248 e. The van der Waals surface area contributed by atoms with Gasteiger partial charge in [-0.05, 0) is 42.8 Å². The van der Waals surface area contributed by atoms with Gasteiger partial charge in [-0.25, -0.2) is 17.2 Å². The standard InChI is InChI=1S/C17H17ClF2N2O3S/c1-3-16(17(23)21-12-6-9-14(19)15(20)10-12)22(26(2,24)25)13-7-4-11(18)5-8-13/h4-10,16H,3H2,1-2H3,(H,21,23). The Morgan fingerprint density at radius 2 is 1.77 bits per heavy atom. The first kappa shape index (κ1) is 20.1. The number of carbonyl (C=O) groups is 1. The fourth-order valence-corrected chi connectivity index (χ4v) is 3.79. The summed E-state index contributed by atoms with van der Waals surface area (Å²) in [7, 11) is -3.80. The second-order valence-corrected chi connectivity index (χ2v) is 7.87. The largest absolute Gasteiger partial charge is 0.324 e. The molecule has 0 radical (unpaired) electrons. The van der Waals surface area contributed by atoms with E-state index >= 15 is 0 Å². The van der Waals surface area contributed by atoms with Crippen LogP contribution in [-0.4, -0.2) is 26.6 Å². The van der Waals surface area contributed by atoms with E-state index in [1.807, 2.05) is 0 Å². The third-order valence-electron chi connectivity index (χ3n) is 3.60. The average molecular weight is 403 g/mol. The van der Waals surface area contributed by atoms with Crippen LogP contribution >= 0.6 is 11.6 Å². The van der Waals surface area contributed by atoms with Crippen LogP contribution in [0.15, 0.2) is 42.5 Å². The van der Waals surface area contributed by atoms with Gasteiger partial charge < -0.3 is 5.32 Å². The number of hydrogen-bond donors (Lipinski definition) is 1. The quantitative estimate of drug-likeness (QED) is 0.799. The van der Waals surface area contributed by atoms with Crippen molar-refractivity contribution in [3.63, 3.8) is 0 Å². The molecule has 0 aliphatic rings. The maximum absolute atomic E-state index is 13.3. The summed E-state index contributed by atoms with van der Waals surface area (Å²) in [4.78, 5) is 12.6. The van der Waals surface area contributed by atoms with Gasteiger partial charge in [-0.3, -0.25) is 9.10 Å². The normalized spacial score (nSPS) is 12.5. The number of carbonyl (C=O) groups excluding carboxylic acids is 1. The van der Waals surface area contributed by atoms with E-state index in [0.717, 1.165) is 22.7 Å². The van der Waals surface area contributed by atoms with Crippen molar-refractivity contribution in [3.05, 3.63) is 59.1 Å². The Labute approximate surface area is 155 Å². The number of nitrogens with zero attached hydrogens (tertiary/aromatic N) is 1. The second-order valence-electron chi connectivity index (χ2n) is 5.58. The fraction of sp³-hybridized carbons (Fsp3) is 0.235. The summed E-state index contributed by atoms with van der Waals surface area (Å²) in [6.07, 6.45) is 1.14. The molecule has 0 aliphatic heterocycles. The summed E-state index contributed by atoms with van der Waals surface area (Å²) in [6, 6.07) is 7.79. The predicted molar refractivity (Wildman–Crippen MR) is 97.8 cm³/mol. The molecule has 0 saturated carbocycles. The van der Waals surface area contributed by atoms with Crippen molar-refractivity contribution < 1.29 is 22.0 Å². The molecule has 1 N–H and O–H groups in total. The number of sulfonamides is 1. The van der Waals surface area contributed by atoms with Gasteiger partial charge in [0.1, 0.15) is 6.04 Å². The minimum Gasteiger partial charge on any atom is -0.324 e. The Bertz CT molecular complexity index is 905. The van der Waals surface area contributed by atoms with Gasteiger partial charge in [0, 0.05) is 16.8 Å². The van der Waals surface area contributed by atoms with Crippen LogP contribution in [0.2, 0.25) is 5.02 Å². The molecule has 0 spiro atoms. The summed E-state index contributed by atoms with van der Waals surface area (Å²) in [5, 5.41) is 2.83. The predicted octanol–water partition coefficient (Wildman–Crippen LogP) is 3.80. The van der Waals surface area contributed by atoms with E-state index < -0.39 is 33.6 Å². The zero-order chi connectivity index (χ0) is 19.5. The first-order chi connectivity index (χ1) is 12.1. The number of hydrogen-bond acceptors (Lipinski definition) is 3. The summed E-state index contributed by atoms with van der Waals surface area (Å²) < 4.78 is 51.9. The van der Waals surface area contributed by atoms with Crippen LogP contribution in [0, 0.1) is 11.6 Å². The lowest BCUT2D eigenvalue weighted by molar-refractivity contribution is -0.117. The fourth-order valence-electron chi connectivity index (χ4n) is 2.45. The molecule has 0 bridgehead atoms. The number of rotatable bonds is 6. The maximum atomic E-state index is 13.3. The topological polar surface area (TPSA) is 66.5 Å². The highest BCUT2D eigenvalue weighted by molar-refractivity contribution is 7.92. The highest BCUT2D eigenvalue weighted by atomic mass is 35.5. The molecule has 2 aromatic carbocycles. The van der Waals surface area contributed by atoms with E-state index in [1.165, 1.54) is 30.3 Å². The van der Waals surface area contributed by atoms with Gasteiger partial charge >= 0.3 is 0 Å². The lowest BCUT2D eigenvalue weighted by atomic mass is 10.1. The summed E-state index contributed by atoms with van der Waals surface area (Å²) in [5.74, 6) is -2.83. The molecule has 1 amide bonds. The molecule has 0 fully saturated rings. The number of amides is 1. The molecule has 2 aromatic rings. The molecule has 5 nitrogen and oxygen atoms in total. The number of halogens is 3. The Morgan fingerprint density at radius 3 is 2.27 bits per heavy atom. The lowest BCUT2D eigenvalue weighted by Gasteiger charge is -2.30. The molecule has 26 heavy (non-hydrogen) atoms. The van der Waals surface area contributed by atoms with Crippen LogP contribution in [0.25, 0.3) is 0 Å². The van der Waals surface area contributed by atoms with Gasteiger partial charge in [-0.15, -0.1) is 0 Å². The molecule has 1 unspecified atom stereocenters. The van der Waals surface area contributed by atoms with E-state index in [9.17, 15) is 22.0 Å². The molecule has 2 rings (SSSR count). The molecule has 9 heteroatoms. The summed E-state index contributed by atoms with van der Waals surface area (Å²) in [5.41, 5.74) is 0.293. The van der Waals surface area contributed by atoms with Crippen molar-refractivity contribution in [2.24, 2.45) is 0 Å². The van der Waals surface area contributed by atoms with E-state index in [1.54, 1.807) is 6.92 Å². The van der Waals surface area contributed by atoms with Crippen LogP contribution < -0.4 is 9.62 Å². The Morgan fingerprint density at radius 1 is 1.15 bits per heavy atom. The average Bonchev–Trinajstić information content (AvgIpc) is 2.56. The molecule has 0 aliphatic carbocycles. The first-order valence-corrected chi connectivity index (χ1v) is 9.87. The highest BCUT2D eigenvalue weighted by Gasteiger charge is 2.31. The Kier molecular flexibility index (Phi) is 6.20. The van der Waals surface area contributed by atoms with Crippen molar-refractivity contribution in [1.82, 2.24) is 0 Å². The van der Waals surface area contributed by atoms with Crippen LogP contribution in [0.3, 0.4) is 0 Å². The molecular formula is C17H17ClF2N2O3S. The third kappa shape index (κ3) is 4.70. The monoisotopic (exact) mass is 402 g/mol.